The topological polar surface area (TPSA) is 60.5 Å². The van der Waals surface area contributed by atoms with Crippen molar-refractivity contribution in [3.8, 4) is 11.5 Å². The van der Waals surface area contributed by atoms with Crippen molar-refractivity contribution in [1.82, 2.24) is 4.98 Å². The van der Waals surface area contributed by atoms with Crippen LogP contribution < -0.4 is 14.8 Å². The lowest BCUT2D eigenvalue weighted by atomic mass is 10.1. The molecule has 3 rings (SSSR count). The van der Waals surface area contributed by atoms with Gasteiger partial charge >= 0.3 is 0 Å². The van der Waals surface area contributed by atoms with Gasteiger partial charge in [-0.3, -0.25) is 9.78 Å². The second-order valence-electron chi connectivity index (χ2n) is 6.19. The normalized spacial score (nSPS) is 11.0. The molecule has 0 radical (unpaired) electrons. The molecule has 5 nitrogen and oxygen atoms in total. The maximum atomic E-state index is 12.4. The van der Waals surface area contributed by atoms with Gasteiger partial charge in [0.05, 0.1) is 7.11 Å². The van der Waals surface area contributed by atoms with E-state index in [0.717, 1.165) is 16.7 Å². The van der Waals surface area contributed by atoms with Gasteiger partial charge in [-0.15, -0.1) is 0 Å². The fourth-order valence-electron chi connectivity index (χ4n) is 2.67. The zero-order chi connectivity index (χ0) is 19.8. The number of rotatable bonds is 7. The molecule has 0 saturated heterocycles. The van der Waals surface area contributed by atoms with Crippen molar-refractivity contribution in [1.29, 1.82) is 0 Å². The number of carbonyl (C=O) groups is 1. The summed E-state index contributed by atoms with van der Waals surface area (Å²) in [5, 5.41) is 2.87. The Morgan fingerprint density at radius 3 is 2.50 bits per heavy atom. The first-order chi connectivity index (χ1) is 13.7. The average Bonchev–Trinajstić information content (AvgIpc) is 2.73. The molecular formula is C23H22N2O3. The van der Waals surface area contributed by atoms with Gasteiger partial charge in [0.1, 0.15) is 6.61 Å². The predicted molar refractivity (Wildman–Crippen MR) is 110 cm³/mol. The highest BCUT2D eigenvalue weighted by Gasteiger charge is 2.08. The Bertz CT molecular complexity index is 954. The molecule has 0 unspecified atom stereocenters. The molecule has 0 aliphatic heterocycles. The third kappa shape index (κ3) is 5.20. The Hall–Kier alpha value is -3.60. The lowest BCUT2D eigenvalue weighted by Crippen LogP contribution is -2.09. The SMILES string of the molecule is COc1ccc(NC(=O)C=C(C)c2ccccc2)cc1OCc1ccncc1. The second-order valence-corrected chi connectivity index (χ2v) is 6.19. The van der Waals surface area contributed by atoms with Crippen molar-refractivity contribution >= 4 is 17.2 Å². The number of amides is 1. The highest BCUT2D eigenvalue weighted by Crippen LogP contribution is 2.31. The molecule has 1 amide bonds. The summed E-state index contributed by atoms with van der Waals surface area (Å²) < 4.78 is 11.2. The van der Waals surface area contributed by atoms with E-state index in [0.29, 0.717) is 23.8 Å². The van der Waals surface area contributed by atoms with Crippen LogP contribution in [0.2, 0.25) is 0 Å². The number of ether oxygens (including phenoxy) is 2. The second kappa shape index (κ2) is 9.37. The molecule has 0 aliphatic rings. The summed E-state index contributed by atoms with van der Waals surface area (Å²) in [7, 11) is 1.58. The molecule has 1 N–H and O–H groups in total. The van der Waals surface area contributed by atoms with Crippen LogP contribution >= 0.6 is 0 Å². The minimum atomic E-state index is -0.202. The van der Waals surface area contributed by atoms with Gasteiger partial charge in [-0.1, -0.05) is 30.3 Å². The van der Waals surface area contributed by atoms with Crippen LogP contribution in [0.1, 0.15) is 18.1 Å². The van der Waals surface area contributed by atoms with Crippen LogP contribution in [0.5, 0.6) is 11.5 Å². The lowest BCUT2D eigenvalue weighted by molar-refractivity contribution is -0.111. The highest BCUT2D eigenvalue weighted by molar-refractivity contribution is 6.03. The van der Waals surface area contributed by atoms with E-state index >= 15 is 0 Å². The summed E-state index contributed by atoms with van der Waals surface area (Å²) in [6.07, 6.45) is 5.01. The molecule has 0 fully saturated rings. The number of methoxy groups -OCH3 is 1. The number of nitrogens with zero attached hydrogens (tertiary/aromatic N) is 1. The minimum absolute atomic E-state index is 0.202. The molecule has 2 aromatic carbocycles. The van der Waals surface area contributed by atoms with Crippen molar-refractivity contribution in [3.05, 3.63) is 90.3 Å². The van der Waals surface area contributed by atoms with E-state index < -0.39 is 0 Å². The minimum Gasteiger partial charge on any atom is -0.493 e. The molecule has 0 bridgehead atoms. The van der Waals surface area contributed by atoms with Gasteiger partial charge in [0.2, 0.25) is 5.91 Å². The van der Waals surface area contributed by atoms with Crippen LogP contribution in [0.3, 0.4) is 0 Å². The van der Waals surface area contributed by atoms with Crippen LogP contribution in [0.25, 0.3) is 5.57 Å². The first kappa shape index (κ1) is 19.2. The highest BCUT2D eigenvalue weighted by atomic mass is 16.5. The number of benzene rings is 2. The van der Waals surface area contributed by atoms with Gasteiger partial charge in [-0.25, -0.2) is 0 Å². The Labute approximate surface area is 164 Å². The van der Waals surface area contributed by atoms with Crippen LogP contribution in [0.15, 0.2) is 79.1 Å². The molecule has 5 heteroatoms. The van der Waals surface area contributed by atoms with Crippen LogP contribution in [-0.4, -0.2) is 18.0 Å². The molecule has 3 aromatic rings. The number of hydrogen-bond donors (Lipinski definition) is 1. The summed E-state index contributed by atoms with van der Waals surface area (Å²) in [6, 6.07) is 18.8. The zero-order valence-corrected chi connectivity index (χ0v) is 15.9. The fourth-order valence-corrected chi connectivity index (χ4v) is 2.67. The third-order valence-electron chi connectivity index (χ3n) is 4.15. The van der Waals surface area contributed by atoms with Crippen LogP contribution in [-0.2, 0) is 11.4 Å². The molecule has 1 heterocycles. The molecule has 142 valence electrons. The monoisotopic (exact) mass is 374 g/mol. The van der Waals surface area contributed by atoms with Crippen molar-refractivity contribution < 1.29 is 14.3 Å². The summed E-state index contributed by atoms with van der Waals surface area (Å²) in [6.45, 7) is 2.29. The number of pyridine rings is 1. The smallest absolute Gasteiger partial charge is 0.248 e. The molecule has 0 aliphatic carbocycles. The third-order valence-corrected chi connectivity index (χ3v) is 4.15. The summed E-state index contributed by atoms with van der Waals surface area (Å²) in [5.41, 5.74) is 3.52. The number of carbonyl (C=O) groups excluding carboxylic acids is 1. The van der Waals surface area contributed by atoms with Gasteiger partial charge in [0.15, 0.2) is 11.5 Å². The molecule has 28 heavy (non-hydrogen) atoms. The molecular weight excluding hydrogens is 352 g/mol. The van der Waals surface area contributed by atoms with Crippen molar-refractivity contribution in [2.75, 3.05) is 12.4 Å². The van der Waals surface area contributed by atoms with Gasteiger partial charge in [0.25, 0.3) is 0 Å². The Balaban J connectivity index is 1.71. The van der Waals surface area contributed by atoms with Gasteiger partial charge < -0.3 is 14.8 Å². The Morgan fingerprint density at radius 2 is 1.79 bits per heavy atom. The van der Waals surface area contributed by atoms with Crippen LogP contribution in [0.4, 0.5) is 5.69 Å². The fraction of sp³-hybridized carbons (Fsp3) is 0.130. The quantitative estimate of drug-likeness (QED) is 0.609. The summed E-state index contributed by atoms with van der Waals surface area (Å²) in [4.78, 5) is 16.4. The predicted octanol–water partition coefficient (Wildman–Crippen LogP) is 4.71. The van der Waals surface area contributed by atoms with Crippen molar-refractivity contribution in [2.45, 2.75) is 13.5 Å². The number of hydrogen-bond acceptors (Lipinski definition) is 4. The first-order valence-electron chi connectivity index (χ1n) is 8.90. The van der Waals surface area contributed by atoms with Gasteiger partial charge in [-0.2, -0.15) is 0 Å². The Morgan fingerprint density at radius 1 is 1.04 bits per heavy atom. The molecule has 0 spiro atoms. The summed E-state index contributed by atoms with van der Waals surface area (Å²) >= 11 is 0. The Kier molecular flexibility index (Phi) is 6.41. The maximum absolute atomic E-state index is 12.4. The van der Waals surface area contributed by atoms with E-state index in [9.17, 15) is 4.79 Å². The van der Waals surface area contributed by atoms with Gasteiger partial charge in [-0.05, 0) is 47.9 Å². The van der Waals surface area contributed by atoms with E-state index in [1.165, 1.54) is 0 Å². The van der Waals surface area contributed by atoms with E-state index in [1.54, 1.807) is 43.8 Å². The first-order valence-corrected chi connectivity index (χ1v) is 8.90. The molecule has 0 saturated carbocycles. The van der Waals surface area contributed by atoms with Crippen molar-refractivity contribution in [2.24, 2.45) is 0 Å². The summed E-state index contributed by atoms with van der Waals surface area (Å²) in [5.74, 6) is 0.954. The molecule has 0 atom stereocenters. The number of nitrogens with one attached hydrogen (secondary N) is 1. The lowest BCUT2D eigenvalue weighted by Gasteiger charge is -2.13. The average molecular weight is 374 g/mol. The van der Waals surface area contributed by atoms with Gasteiger partial charge in [0, 0.05) is 30.2 Å². The largest absolute Gasteiger partial charge is 0.493 e. The number of allylic oxidation sites excluding steroid dienone is 1. The van der Waals surface area contributed by atoms with E-state index in [4.69, 9.17) is 9.47 Å². The van der Waals surface area contributed by atoms with E-state index in [1.807, 2.05) is 49.4 Å². The van der Waals surface area contributed by atoms with Crippen molar-refractivity contribution in [3.63, 3.8) is 0 Å². The van der Waals surface area contributed by atoms with E-state index in [-0.39, 0.29) is 5.91 Å². The molecule has 1 aromatic heterocycles. The maximum Gasteiger partial charge on any atom is 0.248 e. The zero-order valence-electron chi connectivity index (χ0n) is 15.9. The number of anilines is 1. The number of aromatic nitrogens is 1. The van der Waals surface area contributed by atoms with Crippen LogP contribution in [0, 0.1) is 0 Å². The standard InChI is InChI=1S/C23H22N2O3/c1-17(19-6-4-3-5-7-19)14-23(26)25-20-8-9-21(27-2)22(15-20)28-16-18-10-12-24-13-11-18/h3-15H,16H2,1-2H3,(H,25,26). The van der Waals surface area contributed by atoms with E-state index in [2.05, 4.69) is 10.3 Å².